The van der Waals surface area contributed by atoms with E-state index in [-0.39, 0.29) is 30.4 Å². The van der Waals surface area contributed by atoms with Crippen LogP contribution in [-0.2, 0) is 10.2 Å². The molecule has 0 saturated heterocycles. The number of rotatable bonds is 7. The number of amidine groups is 1. The first-order valence-electron chi connectivity index (χ1n) is 6.57. The van der Waals surface area contributed by atoms with Gasteiger partial charge in [0.05, 0.1) is 5.69 Å². The number of nitrogens with two attached hydrogens (primary N) is 1. The van der Waals surface area contributed by atoms with Gasteiger partial charge in [0.15, 0.2) is 5.84 Å². The molecule has 0 bridgehead atoms. The van der Waals surface area contributed by atoms with Gasteiger partial charge >= 0.3 is 0 Å². The summed E-state index contributed by atoms with van der Waals surface area (Å²) in [5.74, 6) is -2.82. The summed E-state index contributed by atoms with van der Waals surface area (Å²) in [4.78, 5) is 3.75. The zero-order valence-corrected chi connectivity index (χ0v) is 14.2. The molecule has 15 heteroatoms. The monoisotopic (exact) mass is 412 g/mol. The molecule has 2 rings (SSSR count). The molecule has 0 amide bonds. The van der Waals surface area contributed by atoms with Crippen molar-refractivity contribution >= 4 is 33.3 Å². The normalized spacial score (nSPS) is 12.3. The third kappa shape index (κ3) is 5.30. The van der Waals surface area contributed by atoms with Gasteiger partial charge in [-0.25, -0.2) is 23.5 Å². The molecule has 0 saturated carbocycles. The average Bonchev–Trinajstić information content (AvgIpc) is 3.01. The van der Waals surface area contributed by atoms with Gasteiger partial charge in [-0.1, -0.05) is 11.6 Å². The number of nitrogens with one attached hydrogen (secondary N) is 2. The maximum atomic E-state index is 13.5. The van der Waals surface area contributed by atoms with E-state index < -0.39 is 32.7 Å². The van der Waals surface area contributed by atoms with Crippen LogP contribution in [0.2, 0.25) is 5.02 Å². The highest BCUT2D eigenvalue weighted by molar-refractivity contribution is 7.87. The quantitative estimate of drug-likeness (QED) is 0.165. The molecule has 0 atom stereocenters. The minimum Gasteiger partial charge on any atom is -0.472 e. The van der Waals surface area contributed by atoms with Crippen LogP contribution < -0.4 is 20.1 Å². The summed E-state index contributed by atoms with van der Waals surface area (Å²) in [6.45, 7) is -0.418. The lowest BCUT2D eigenvalue weighted by atomic mass is 10.3. The van der Waals surface area contributed by atoms with Crippen LogP contribution >= 0.6 is 11.6 Å². The van der Waals surface area contributed by atoms with Crippen LogP contribution in [0.25, 0.3) is 0 Å². The first-order valence-corrected chi connectivity index (χ1v) is 8.50. The van der Waals surface area contributed by atoms with Crippen molar-refractivity contribution in [2.45, 2.75) is 0 Å². The second-order valence-corrected chi connectivity index (χ2v) is 6.26. The number of aliphatic imine (C=N–C) groups is 1. The third-order valence-corrected chi connectivity index (χ3v) is 3.61. The highest BCUT2D eigenvalue weighted by atomic mass is 35.5. The fourth-order valence-electron chi connectivity index (χ4n) is 1.62. The van der Waals surface area contributed by atoms with Crippen molar-refractivity contribution in [3.63, 3.8) is 0 Å². The third-order valence-electron chi connectivity index (χ3n) is 2.64. The molecular weight excluding hydrogens is 402 g/mol. The van der Waals surface area contributed by atoms with Gasteiger partial charge < -0.3 is 4.74 Å². The zero-order valence-electron chi connectivity index (χ0n) is 12.6. The Labute approximate surface area is 149 Å². The molecule has 2 aromatic rings. The summed E-state index contributed by atoms with van der Waals surface area (Å²) in [5, 5.41) is 20.0. The lowest BCUT2D eigenvalue weighted by Crippen LogP contribution is -2.34. The number of halogens is 3. The van der Waals surface area contributed by atoms with E-state index in [2.05, 4.69) is 19.9 Å². The van der Waals surface area contributed by atoms with Crippen LogP contribution in [0.1, 0.15) is 5.69 Å². The largest absolute Gasteiger partial charge is 0.472 e. The smallest absolute Gasteiger partial charge is 0.287 e. The van der Waals surface area contributed by atoms with E-state index in [0.29, 0.717) is 0 Å². The van der Waals surface area contributed by atoms with Gasteiger partial charge in [0.25, 0.3) is 16.1 Å². The second kappa shape index (κ2) is 8.33. The first-order chi connectivity index (χ1) is 12.2. The summed E-state index contributed by atoms with van der Waals surface area (Å²) in [6, 6.07) is 1.62. The summed E-state index contributed by atoms with van der Waals surface area (Å²) >= 11 is 5.37. The average molecular weight is 413 g/mol. The van der Waals surface area contributed by atoms with E-state index >= 15 is 0 Å². The minimum atomic E-state index is -3.90. The fourth-order valence-corrected chi connectivity index (χ4v) is 2.10. The summed E-state index contributed by atoms with van der Waals surface area (Å²) in [6.07, 6.45) is 0. The predicted octanol–water partition coefficient (Wildman–Crippen LogP) is 0.230. The number of aromatic nitrogens is 2. The van der Waals surface area contributed by atoms with E-state index in [9.17, 15) is 22.4 Å². The molecule has 0 spiro atoms. The second-order valence-electron chi connectivity index (χ2n) is 4.50. The van der Waals surface area contributed by atoms with Crippen LogP contribution in [0.5, 0.6) is 5.88 Å². The lowest BCUT2D eigenvalue weighted by Gasteiger charge is -2.06. The minimum absolute atomic E-state index is 0.197. The first kappa shape index (κ1) is 19.9. The van der Waals surface area contributed by atoms with Gasteiger partial charge in [-0.2, -0.15) is 13.1 Å². The zero-order chi connectivity index (χ0) is 19.3. The van der Waals surface area contributed by atoms with Crippen LogP contribution in [0, 0.1) is 11.6 Å². The van der Waals surface area contributed by atoms with Gasteiger partial charge in [-0.15, -0.1) is 0 Å². The van der Waals surface area contributed by atoms with Gasteiger partial charge in [0.2, 0.25) is 5.69 Å². The molecule has 1 heterocycles. The van der Waals surface area contributed by atoms with E-state index in [1.807, 2.05) is 4.72 Å². The van der Waals surface area contributed by atoms with Crippen LogP contribution in [0.3, 0.4) is 0 Å². The van der Waals surface area contributed by atoms with Crippen LogP contribution in [0.15, 0.2) is 21.8 Å². The Hall–Kier alpha value is -2.39. The molecular formula is C11H11ClF2N6O5S. The highest BCUT2D eigenvalue weighted by Crippen LogP contribution is 2.25. The summed E-state index contributed by atoms with van der Waals surface area (Å²) < 4.78 is 59.9. The number of nitrogens with zero attached hydrogens (tertiary/aromatic N) is 3. The Morgan fingerprint density at radius 1 is 1.38 bits per heavy atom. The van der Waals surface area contributed by atoms with E-state index in [0.717, 1.165) is 12.1 Å². The van der Waals surface area contributed by atoms with Gasteiger partial charge in [0.1, 0.15) is 23.3 Å². The van der Waals surface area contributed by atoms with Crippen molar-refractivity contribution in [3.8, 4) is 5.88 Å². The Bertz CT molecular complexity index is 899. The molecule has 0 radical (unpaired) electrons. The van der Waals surface area contributed by atoms with Crippen molar-refractivity contribution in [1.29, 1.82) is 0 Å². The van der Waals surface area contributed by atoms with Gasteiger partial charge in [-0.3, -0.25) is 10.7 Å². The van der Waals surface area contributed by atoms with Gasteiger partial charge in [-0.05, 0) is 10.3 Å². The topological polar surface area (TPSA) is 165 Å². The van der Waals surface area contributed by atoms with E-state index in [4.69, 9.17) is 21.5 Å². The Morgan fingerprint density at radius 2 is 2.04 bits per heavy atom. The van der Waals surface area contributed by atoms with Crippen molar-refractivity contribution < 1.29 is 31.8 Å². The summed E-state index contributed by atoms with van der Waals surface area (Å²) in [5.41, 5.74) is 1.16. The standard InChI is InChI=1S/C11H11ClF2N6O5S/c12-8-6(13)3-5(4-7(8)14)17-10(18-21)9-11(20-25-19-9)24-2-1-16-26(15,22)23/h3-4,16,21H,1-2H2,(H,17,18)(H2,15,22,23). The lowest BCUT2D eigenvalue weighted by molar-refractivity contribution is 0.233. The maximum absolute atomic E-state index is 13.5. The molecule has 0 aliphatic carbocycles. The SMILES string of the molecule is NS(=O)(=O)NCCOc1nonc1C(=Nc1cc(F)c(Cl)c(F)c1)NO. The Kier molecular flexibility index (Phi) is 6.38. The van der Waals surface area contributed by atoms with E-state index in [1.165, 1.54) is 0 Å². The molecule has 1 aromatic carbocycles. The van der Waals surface area contributed by atoms with Crippen molar-refractivity contribution in [2.75, 3.05) is 13.2 Å². The maximum Gasteiger partial charge on any atom is 0.287 e. The van der Waals surface area contributed by atoms with E-state index in [1.54, 1.807) is 5.48 Å². The van der Waals surface area contributed by atoms with Crippen LogP contribution in [0.4, 0.5) is 14.5 Å². The Morgan fingerprint density at radius 3 is 2.62 bits per heavy atom. The predicted molar refractivity (Wildman–Crippen MR) is 83.4 cm³/mol. The molecule has 26 heavy (non-hydrogen) atoms. The molecule has 5 N–H and O–H groups in total. The van der Waals surface area contributed by atoms with Crippen LogP contribution in [-0.4, -0.2) is 42.9 Å². The highest BCUT2D eigenvalue weighted by Gasteiger charge is 2.19. The molecule has 0 fully saturated rings. The number of hydrogen-bond donors (Lipinski definition) is 4. The Balaban J connectivity index is 2.19. The number of hydroxylamine groups is 1. The van der Waals surface area contributed by atoms with Crippen molar-refractivity contribution in [1.82, 2.24) is 20.5 Å². The van der Waals surface area contributed by atoms with Crippen molar-refractivity contribution in [2.24, 2.45) is 10.1 Å². The molecule has 142 valence electrons. The molecule has 11 nitrogen and oxygen atoms in total. The molecule has 1 aromatic heterocycles. The molecule has 0 aliphatic rings. The summed E-state index contributed by atoms with van der Waals surface area (Å²) in [7, 11) is -3.90. The molecule has 0 unspecified atom stereocenters. The molecule has 0 aliphatic heterocycles. The fraction of sp³-hybridized carbons (Fsp3) is 0.182. The number of ether oxygens (including phenoxy) is 1. The number of hydrogen-bond acceptors (Lipinski definition) is 8. The van der Waals surface area contributed by atoms with Gasteiger partial charge in [0, 0.05) is 18.7 Å². The number of benzene rings is 1. The van der Waals surface area contributed by atoms with Crippen molar-refractivity contribution in [3.05, 3.63) is 34.5 Å².